The molecule has 0 aromatic heterocycles. The van der Waals surface area contributed by atoms with Gasteiger partial charge in [0.2, 0.25) is 0 Å². The molecular formula is C8H10N4. The van der Waals surface area contributed by atoms with E-state index in [9.17, 15) is 0 Å². The summed E-state index contributed by atoms with van der Waals surface area (Å²) < 4.78 is 0. The summed E-state index contributed by atoms with van der Waals surface area (Å²) in [4.78, 5) is 0. The smallest absolute Gasteiger partial charge is 0.199 e. The molecule has 1 aromatic rings. The number of hydrogen-bond acceptors (Lipinski definition) is 2. The molecule has 1 rings (SSSR count). The van der Waals surface area contributed by atoms with Gasteiger partial charge in [-0.25, -0.2) is 0 Å². The van der Waals surface area contributed by atoms with E-state index in [4.69, 9.17) is 10.7 Å². The minimum absolute atomic E-state index is 0.322. The lowest BCUT2D eigenvalue weighted by Crippen LogP contribution is -2.25. The van der Waals surface area contributed by atoms with Gasteiger partial charge in [-0.15, -0.1) is 0 Å². The van der Waals surface area contributed by atoms with Gasteiger partial charge in [-0.2, -0.15) is 5.26 Å². The second-order valence-corrected chi connectivity index (χ2v) is 1.81. The highest BCUT2D eigenvalue weighted by atomic mass is 15.0. The van der Waals surface area contributed by atoms with Crippen LogP contribution in [0, 0.1) is 16.9 Å². The maximum absolute atomic E-state index is 7.65. The Hall–Kier alpha value is -2.02. The summed E-state index contributed by atoms with van der Waals surface area (Å²) in [5.41, 5.74) is 4.65. The Morgan fingerprint density at radius 1 is 1.17 bits per heavy atom. The number of guanidine groups is 1. The van der Waals surface area contributed by atoms with Gasteiger partial charge in [0.1, 0.15) is 0 Å². The van der Waals surface area contributed by atoms with Gasteiger partial charge < -0.3 is 5.73 Å². The Bertz CT molecular complexity index is 223. The van der Waals surface area contributed by atoms with E-state index >= 15 is 0 Å². The zero-order chi connectivity index (χ0) is 9.23. The molecule has 1 aromatic carbocycles. The molecule has 4 nitrogen and oxygen atoms in total. The van der Waals surface area contributed by atoms with Crippen LogP contribution in [0.3, 0.4) is 0 Å². The number of nitrogens with zero attached hydrogens (tertiary/aromatic N) is 1. The zero-order valence-electron chi connectivity index (χ0n) is 6.49. The molecule has 0 bridgehead atoms. The van der Waals surface area contributed by atoms with Crippen LogP contribution < -0.4 is 11.1 Å². The topological polar surface area (TPSA) is 85.7 Å². The molecule has 0 aliphatic heterocycles. The molecular weight excluding hydrogens is 152 g/mol. The van der Waals surface area contributed by atoms with Gasteiger partial charge in [0.25, 0.3) is 0 Å². The van der Waals surface area contributed by atoms with Crippen molar-refractivity contribution >= 4 is 5.96 Å². The largest absolute Gasteiger partial charge is 0.369 e. The highest BCUT2D eigenvalue weighted by molar-refractivity contribution is 5.75. The first kappa shape index (κ1) is 9.98. The summed E-state index contributed by atoms with van der Waals surface area (Å²) in [6.45, 7) is 0. The third-order valence-electron chi connectivity index (χ3n) is 0.857. The fourth-order valence-electron chi connectivity index (χ4n) is 0.445. The lowest BCUT2D eigenvalue weighted by Gasteiger charge is -1.82. The lowest BCUT2D eigenvalue weighted by molar-refractivity contribution is 1.19. The lowest BCUT2D eigenvalue weighted by atomic mass is 10.4. The Morgan fingerprint density at radius 3 is 1.58 bits per heavy atom. The van der Waals surface area contributed by atoms with Crippen LogP contribution in [0.15, 0.2) is 36.4 Å². The number of rotatable bonds is 0. The van der Waals surface area contributed by atoms with Gasteiger partial charge >= 0.3 is 0 Å². The molecule has 0 saturated heterocycles. The first-order valence-corrected chi connectivity index (χ1v) is 3.26. The van der Waals surface area contributed by atoms with Gasteiger partial charge in [-0.1, -0.05) is 36.4 Å². The van der Waals surface area contributed by atoms with Crippen LogP contribution in [-0.2, 0) is 0 Å². The Kier molecular flexibility index (Phi) is 5.90. The summed E-state index contributed by atoms with van der Waals surface area (Å²) in [6.07, 6.45) is 1.47. The Balaban J connectivity index is 0.000000202. The molecule has 0 radical (unpaired) electrons. The molecule has 4 N–H and O–H groups in total. The van der Waals surface area contributed by atoms with Crippen LogP contribution in [-0.4, -0.2) is 5.96 Å². The van der Waals surface area contributed by atoms with Crippen molar-refractivity contribution in [1.29, 1.82) is 10.7 Å². The van der Waals surface area contributed by atoms with Gasteiger partial charge in [0, 0.05) is 0 Å². The number of nitriles is 1. The number of nitrogens with one attached hydrogen (secondary N) is 2. The molecule has 0 heterocycles. The first-order valence-electron chi connectivity index (χ1n) is 3.26. The highest BCUT2D eigenvalue weighted by Gasteiger charge is 1.73. The SMILES string of the molecule is N#CNC(=N)N.c1ccccc1. The van der Waals surface area contributed by atoms with E-state index in [2.05, 4.69) is 5.73 Å². The standard InChI is InChI=1S/C6H6.C2H4N4/c1-2-4-6-5-3-1;3-1-6-2(4)5/h1-6H;(H4,4,5,6). The zero-order valence-corrected chi connectivity index (χ0v) is 6.49. The Morgan fingerprint density at radius 2 is 1.50 bits per heavy atom. The minimum Gasteiger partial charge on any atom is -0.369 e. The monoisotopic (exact) mass is 162 g/mol. The molecule has 0 aliphatic carbocycles. The van der Waals surface area contributed by atoms with Gasteiger partial charge in [-0.05, 0) is 0 Å². The van der Waals surface area contributed by atoms with Crippen LogP contribution in [0.25, 0.3) is 0 Å². The van der Waals surface area contributed by atoms with Crippen molar-refractivity contribution < 1.29 is 0 Å². The molecule has 0 unspecified atom stereocenters. The van der Waals surface area contributed by atoms with Crippen LogP contribution in [0.4, 0.5) is 0 Å². The molecule has 0 amide bonds. The maximum atomic E-state index is 7.65. The average molecular weight is 162 g/mol. The summed E-state index contributed by atoms with van der Waals surface area (Å²) in [5.74, 6) is -0.322. The number of nitrogens with two attached hydrogens (primary N) is 1. The Labute approximate surface area is 71.1 Å². The van der Waals surface area contributed by atoms with Crippen molar-refractivity contribution in [2.45, 2.75) is 0 Å². The quantitative estimate of drug-likeness (QED) is 0.226. The molecule has 4 heteroatoms. The summed E-state index contributed by atoms with van der Waals surface area (Å²) >= 11 is 0. The van der Waals surface area contributed by atoms with E-state index in [0.29, 0.717) is 0 Å². The van der Waals surface area contributed by atoms with Crippen LogP contribution >= 0.6 is 0 Å². The van der Waals surface area contributed by atoms with Crippen molar-refractivity contribution in [2.24, 2.45) is 5.73 Å². The van der Waals surface area contributed by atoms with Crippen molar-refractivity contribution in [2.75, 3.05) is 0 Å². The normalized spacial score (nSPS) is 6.92. The number of benzene rings is 1. The van der Waals surface area contributed by atoms with Crippen LogP contribution in [0.5, 0.6) is 0 Å². The number of hydrogen-bond donors (Lipinski definition) is 3. The summed E-state index contributed by atoms with van der Waals surface area (Å²) in [7, 11) is 0. The summed E-state index contributed by atoms with van der Waals surface area (Å²) in [5, 5.41) is 15.9. The molecule has 0 fully saturated rings. The third kappa shape index (κ3) is 7.98. The second-order valence-electron chi connectivity index (χ2n) is 1.81. The predicted molar refractivity (Wildman–Crippen MR) is 47.1 cm³/mol. The maximum Gasteiger partial charge on any atom is 0.199 e. The fourth-order valence-corrected chi connectivity index (χ4v) is 0.445. The molecule has 0 aliphatic rings. The van der Waals surface area contributed by atoms with Crippen molar-refractivity contribution in [3.63, 3.8) is 0 Å². The van der Waals surface area contributed by atoms with Crippen LogP contribution in [0.1, 0.15) is 0 Å². The highest BCUT2D eigenvalue weighted by Crippen LogP contribution is 1.79. The van der Waals surface area contributed by atoms with E-state index in [0.717, 1.165) is 0 Å². The van der Waals surface area contributed by atoms with E-state index in [1.807, 2.05) is 41.7 Å². The second kappa shape index (κ2) is 7.09. The molecule has 0 saturated carbocycles. The van der Waals surface area contributed by atoms with Crippen molar-refractivity contribution in [1.82, 2.24) is 5.32 Å². The molecule has 62 valence electrons. The van der Waals surface area contributed by atoms with Crippen molar-refractivity contribution in [3.8, 4) is 6.19 Å². The molecule has 12 heavy (non-hydrogen) atoms. The fraction of sp³-hybridized carbons (Fsp3) is 0. The average Bonchev–Trinajstić information content (AvgIpc) is 2.08. The molecule has 0 spiro atoms. The predicted octanol–water partition coefficient (Wildman–Crippen LogP) is 0.637. The van der Waals surface area contributed by atoms with Crippen LogP contribution in [0.2, 0.25) is 0 Å². The minimum atomic E-state index is -0.322. The van der Waals surface area contributed by atoms with Gasteiger partial charge in [0.05, 0.1) is 0 Å². The van der Waals surface area contributed by atoms with E-state index in [1.54, 1.807) is 0 Å². The third-order valence-corrected chi connectivity index (χ3v) is 0.857. The van der Waals surface area contributed by atoms with E-state index in [1.165, 1.54) is 6.19 Å². The van der Waals surface area contributed by atoms with Gasteiger partial charge in [0.15, 0.2) is 12.2 Å². The summed E-state index contributed by atoms with van der Waals surface area (Å²) in [6, 6.07) is 12.0. The van der Waals surface area contributed by atoms with E-state index < -0.39 is 0 Å². The first-order chi connectivity index (χ1) is 5.77. The molecule has 0 atom stereocenters. The van der Waals surface area contributed by atoms with E-state index in [-0.39, 0.29) is 5.96 Å². The van der Waals surface area contributed by atoms with Crippen molar-refractivity contribution in [3.05, 3.63) is 36.4 Å². The van der Waals surface area contributed by atoms with Gasteiger partial charge in [-0.3, -0.25) is 10.7 Å².